The molecule has 1 unspecified atom stereocenters. The van der Waals surface area contributed by atoms with Gasteiger partial charge in [0.25, 0.3) is 0 Å². The Kier molecular flexibility index (Phi) is 7.14. The van der Waals surface area contributed by atoms with Crippen molar-refractivity contribution in [2.75, 3.05) is 18.8 Å². The van der Waals surface area contributed by atoms with E-state index in [-0.39, 0.29) is 12.5 Å². The van der Waals surface area contributed by atoms with Crippen molar-refractivity contribution in [3.05, 3.63) is 65.4 Å². The minimum atomic E-state index is 0.146. The molecule has 0 bridgehead atoms. The summed E-state index contributed by atoms with van der Waals surface area (Å²) in [6, 6.07) is 17.2. The molecule has 1 saturated heterocycles. The number of carbonyl (C=O) groups is 1. The van der Waals surface area contributed by atoms with E-state index in [1.807, 2.05) is 58.0 Å². The molecule has 1 aliphatic heterocycles. The number of likely N-dealkylation sites (tertiary alicyclic amines) is 1. The van der Waals surface area contributed by atoms with Gasteiger partial charge in [0.05, 0.1) is 10.8 Å². The van der Waals surface area contributed by atoms with Gasteiger partial charge in [0.2, 0.25) is 5.91 Å². The number of benzene rings is 2. The Hall–Kier alpha value is -2.51. The van der Waals surface area contributed by atoms with Gasteiger partial charge in [-0.3, -0.25) is 9.36 Å². The van der Waals surface area contributed by atoms with Crippen molar-refractivity contribution < 1.29 is 9.53 Å². The Labute approximate surface area is 191 Å². The summed E-state index contributed by atoms with van der Waals surface area (Å²) in [5.41, 5.74) is 0.923. The predicted octanol–water partition coefficient (Wildman–Crippen LogP) is 4.85. The molecule has 1 fully saturated rings. The molecular formula is C23H25ClN4O2S. The first-order valence-corrected chi connectivity index (χ1v) is 11.8. The van der Waals surface area contributed by atoms with E-state index >= 15 is 0 Å². The summed E-state index contributed by atoms with van der Waals surface area (Å²) >= 11 is 7.61. The number of carbonyl (C=O) groups excluding carboxylic acids is 1. The van der Waals surface area contributed by atoms with Crippen LogP contribution in [0.25, 0.3) is 5.69 Å². The maximum Gasteiger partial charge on any atom is 0.233 e. The van der Waals surface area contributed by atoms with Crippen molar-refractivity contribution in [2.24, 2.45) is 5.92 Å². The molecule has 31 heavy (non-hydrogen) atoms. The van der Waals surface area contributed by atoms with Gasteiger partial charge in [-0.2, -0.15) is 0 Å². The minimum Gasteiger partial charge on any atom is -0.484 e. The second-order valence-corrected chi connectivity index (χ2v) is 9.01. The Balaban J connectivity index is 1.51. The average Bonchev–Trinajstić information content (AvgIpc) is 3.20. The van der Waals surface area contributed by atoms with Crippen LogP contribution in [0.3, 0.4) is 0 Å². The molecule has 6 nitrogen and oxygen atoms in total. The molecule has 2 aromatic carbocycles. The number of para-hydroxylation sites is 2. The number of hydrogen-bond acceptors (Lipinski definition) is 5. The molecule has 4 rings (SSSR count). The topological polar surface area (TPSA) is 60.3 Å². The molecule has 1 aromatic heterocycles. The Morgan fingerprint density at radius 1 is 1.16 bits per heavy atom. The molecule has 2 heterocycles. The Morgan fingerprint density at radius 2 is 1.94 bits per heavy atom. The summed E-state index contributed by atoms with van der Waals surface area (Å²) in [4.78, 5) is 14.7. The van der Waals surface area contributed by atoms with Crippen molar-refractivity contribution in [3.8, 4) is 11.4 Å². The number of ether oxygens (including phenoxy) is 1. The highest BCUT2D eigenvalue weighted by Crippen LogP contribution is 2.27. The molecule has 0 radical (unpaired) electrons. The van der Waals surface area contributed by atoms with Gasteiger partial charge in [0, 0.05) is 18.8 Å². The fraction of sp³-hybridized carbons (Fsp3) is 0.348. The molecule has 0 aliphatic carbocycles. The van der Waals surface area contributed by atoms with Gasteiger partial charge in [-0.1, -0.05) is 60.6 Å². The molecule has 8 heteroatoms. The molecule has 1 amide bonds. The summed E-state index contributed by atoms with van der Waals surface area (Å²) in [6.07, 6.45) is 2.26. The number of thioether (sulfide) groups is 1. The lowest BCUT2D eigenvalue weighted by Gasteiger charge is -2.30. The van der Waals surface area contributed by atoms with Crippen molar-refractivity contribution >= 4 is 29.3 Å². The van der Waals surface area contributed by atoms with Gasteiger partial charge in [-0.15, -0.1) is 10.2 Å². The molecule has 162 valence electrons. The minimum absolute atomic E-state index is 0.146. The maximum atomic E-state index is 12.7. The van der Waals surface area contributed by atoms with Crippen molar-refractivity contribution in [3.63, 3.8) is 0 Å². The first kappa shape index (κ1) is 21.7. The van der Waals surface area contributed by atoms with E-state index in [1.165, 1.54) is 18.2 Å². The number of aromatic nitrogens is 3. The molecule has 0 N–H and O–H groups in total. The third-order valence-electron chi connectivity index (χ3n) is 5.24. The molecular weight excluding hydrogens is 432 g/mol. The lowest BCUT2D eigenvalue weighted by molar-refractivity contribution is -0.130. The Bertz CT molecular complexity index is 1030. The zero-order valence-corrected chi connectivity index (χ0v) is 19.0. The van der Waals surface area contributed by atoms with E-state index in [0.29, 0.717) is 33.4 Å². The summed E-state index contributed by atoms with van der Waals surface area (Å²) in [5.74, 6) is 2.28. The maximum absolute atomic E-state index is 12.7. The van der Waals surface area contributed by atoms with E-state index < -0.39 is 0 Å². The predicted molar refractivity (Wildman–Crippen MR) is 123 cm³/mol. The highest BCUT2D eigenvalue weighted by molar-refractivity contribution is 7.99. The van der Waals surface area contributed by atoms with Crippen LogP contribution in [-0.4, -0.2) is 44.4 Å². The second kappa shape index (κ2) is 10.2. The van der Waals surface area contributed by atoms with Crippen LogP contribution in [0.1, 0.15) is 25.6 Å². The van der Waals surface area contributed by atoms with Crippen LogP contribution in [0.5, 0.6) is 5.75 Å². The smallest absolute Gasteiger partial charge is 0.233 e. The van der Waals surface area contributed by atoms with Gasteiger partial charge in [-0.25, -0.2) is 0 Å². The second-order valence-electron chi connectivity index (χ2n) is 7.66. The zero-order valence-electron chi connectivity index (χ0n) is 17.4. The van der Waals surface area contributed by atoms with Gasteiger partial charge in [0.15, 0.2) is 11.0 Å². The van der Waals surface area contributed by atoms with Crippen molar-refractivity contribution in [2.45, 2.75) is 31.5 Å². The number of hydrogen-bond donors (Lipinski definition) is 0. The summed E-state index contributed by atoms with van der Waals surface area (Å²) in [6.45, 7) is 4.08. The van der Waals surface area contributed by atoms with Crippen molar-refractivity contribution in [1.29, 1.82) is 0 Å². The van der Waals surface area contributed by atoms with E-state index in [4.69, 9.17) is 16.3 Å². The van der Waals surface area contributed by atoms with E-state index in [0.717, 1.165) is 25.2 Å². The fourth-order valence-corrected chi connectivity index (χ4v) is 4.73. The number of rotatable bonds is 7. The van der Waals surface area contributed by atoms with Gasteiger partial charge >= 0.3 is 0 Å². The number of amides is 1. The molecule has 0 spiro atoms. The summed E-state index contributed by atoms with van der Waals surface area (Å²) in [7, 11) is 0. The summed E-state index contributed by atoms with van der Waals surface area (Å²) in [5, 5.41) is 9.90. The van der Waals surface area contributed by atoms with Crippen LogP contribution in [0.15, 0.2) is 59.8 Å². The van der Waals surface area contributed by atoms with Gasteiger partial charge < -0.3 is 9.64 Å². The first-order valence-electron chi connectivity index (χ1n) is 10.4. The van der Waals surface area contributed by atoms with E-state index in [9.17, 15) is 4.79 Å². The van der Waals surface area contributed by atoms with Gasteiger partial charge in [-0.05, 0) is 43.0 Å². The summed E-state index contributed by atoms with van der Waals surface area (Å²) < 4.78 is 7.83. The molecule has 1 atom stereocenters. The highest BCUT2D eigenvalue weighted by atomic mass is 35.5. The molecule has 3 aromatic rings. The van der Waals surface area contributed by atoms with Crippen LogP contribution < -0.4 is 4.74 Å². The number of piperidine rings is 1. The average molecular weight is 457 g/mol. The zero-order chi connectivity index (χ0) is 21.6. The quantitative estimate of drug-likeness (QED) is 0.475. The monoisotopic (exact) mass is 456 g/mol. The van der Waals surface area contributed by atoms with Crippen LogP contribution in [0.2, 0.25) is 5.02 Å². The van der Waals surface area contributed by atoms with Crippen LogP contribution >= 0.6 is 23.4 Å². The lowest BCUT2D eigenvalue weighted by Crippen LogP contribution is -2.40. The Morgan fingerprint density at radius 3 is 2.71 bits per heavy atom. The first-order chi connectivity index (χ1) is 15.1. The fourth-order valence-electron chi connectivity index (χ4n) is 3.66. The number of halogens is 1. The van der Waals surface area contributed by atoms with E-state index in [2.05, 4.69) is 17.1 Å². The van der Waals surface area contributed by atoms with Crippen LogP contribution in [-0.2, 0) is 11.4 Å². The highest BCUT2D eigenvalue weighted by Gasteiger charge is 2.22. The lowest BCUT2D eigenvalue weighted by atomic mass is 10.0. The third-order valence-corrected chi connectivity index (χ3v) is 6.47. The van der Waals surface area contributed by atoms with Gasteiger partial charge in [0.1, 0.15) is 12.4 Å². The molecule has 1 aliphatic rings. The SMILES string of the molecule is CC1CCCN(C(=O)CSc2nnc(COc3ccccc3Cl)n2-c2ccccc2)C1. The third kappa shape index (κ3) is 5.40. The molecule has 0 saturated carbocycles. The van der Waals surface area contributed by atoms with E-state index in [1.54, 1.807) is 6.07 Å². The number of nitrogens with zero attached hydrogens (tertiary/aromatic N) is 4. The van der Waals surface area contributed by atoms with Crippen molar-refractivity contribution in [1.82, 2.24) is 19.7 Å². The largest absolute Gasteiger partial charge is 0.484 e. The van der Waals surface area contributed by atoms with Crippen LogP contribution in [0.4, 0.5) is 0 Å². The van der Waals surface area contributed by atoms with Crippen LogP contribution in [0, 0.1) is 5.92 Å². The normalized spacial score (nSPS) is 16.3. The standard InChI is InChI=1S/C23H25ClN4O2S/c1-17-8-7-13-27(14-17)22(29)16-31-23-26-25-21(28(23)18-9-3-2-4-10-18)15-30-20-12-6-5-11-19(20)24/h2-6,9-12,17H,7-8,13-16H2,1H3.